The molecule has 0 spiro atoms. The molecular formula is C10H7ClF2N2. The molecular weight excluding hydrogens is 222 g/mol. The predicted octanol–water partition coefficient (Wildman–Crippen LogP) is 2.89. The molecule has 0 atom stereocenters. The van der Waals surface area contributed by atoms with Crippen LogP contribution in [0.2, 0.25) is 0 Å². The smallest absolute Gasteiger partial charge is 0.128 e. The van der Waals surface area contributed by atoms with Crippen LogP contribution in [-0.4, -0.2) is 9.78 Å². The zero-order chi connectivity index (χ0) is 10.8. The average molecular weight is 229 g/mol. The minimum atomic E-state index is -0.638. The van der Waals surface area contributed by atoms with Crippen molar-refractivity contribution in [2.75, 3.05) is 0 Å². The number of benzene rings is 1. The van der Waals surface area contributed by atoms with Crippen LogP contribution in [0.15, 0.2) is 30.5 Å². The molecule has 2 aromatic rings. The Kier molecular flexibility index (Phi) is 2.68. The van der Waals surface area contributed by atoms with Gasteiger partial charge in [0.2, 0.25) is 0 Å². The molecule has 0 saturated heterocycles. The quantitative estimate of drug-likeness (QED) is 0.723. The Hall–Kier alpha value is -1.42. The average Bonchev–Trinajstić information content (AvgIpc) is 2.63. The van der Waals surface area contributed by atoms with Gasteiger partial charge in [0.15, 0.2) is 0 Å². The highest BCUT2D eigenvalue weighted by Crippen LogP contribution is 2.15. The van der Waals surface area contributed by atoms with Crippen LogP contribution in [0.1, 0.15) is 5.69 Å². The number of nitrogens with zero attached hydrogens (tertiary/aromatic N) is 2. The molecule has 1 aromatic carbocycles. The van der Waals surface area contributed by atoms with Crippen molar-refractivity contribution in [1.82, 2.24) is 9.78 Å². The van der Waals surface area contributed by atoms with Crippen LogP contribution in [0.25, 0.3) is 5.69 Å². The minimum absolute atomic E-state index is 0.234. The first kappa shape index (κ1) is 10.1. The molecule has 0 amide bonds. The van der Waals surface area contributed by atoms with Crippen LogP contribution in [0.5, 0.6) is 0 Å². The summed E-state index contributed by atoms with van der Waals surface area (Å²) in [6, 6.07) is 4.90. The molecule has 0 aliphatic rings. The van der Waals surface area contributed by atoms with Gasteiger partial charge in [0.1, 0.15) is 11.6 Å². The fraction of sp³-hybridized carbons (Fsp3) is 0.100. The van der Waals surface area contributed by atoms with Crippen LogP contribution in [0.4, 0.5) is 8.78 Å². The summed E-state index contributed by atoms with van der Waals surface area (Å²) in [4.78, 5) is 0. The first-order valence-electron chi connectivity index (χ1n) is 4.26. The van der Waals surface area contributed by atoms with E-state index < -0.39 is 11.6 Å². The highest BCUT2D eigenvalue weighted by molar-refractivity contribution is 6.16. The standard InChI is InChI=1S/C10H7ClF2N2/c11-6-9-1-2-14-15(9)10-4-7(12)3-8(13)5-10/h1-5H,6H2. The number of rotatable bonds is 2. The van der Waals surface area contributed by atoms with Crippen molar-refractivity contribution in [2.45, 2.75) is 5.88 Å². The van der Waals surface area contributed by atoms with Gasteiger partial charge < -0.3 is 0 Å². The summed E-state index contributed by atoms with van der Waals surface area (Å²) in [6.07, 6.45) is 1.53. The van der Waals surface area contributed by atoms with Crippen LogP contribution in [-0.2, 0) is 5.88 Å². The van der Waals surface area contributed by atoms with Gasteiger partial charge in [-0.2, -0.15) is 5.10 Å². The molecule has 1 heterocycles. The van der Waals surface area contributed by atoms with Gasteiger partial charge in [0, 0.05) is 12.3 Å². The van der Waals surface area contributed by atoms with Gasteiger partial charge in [-0.1, -0.05) is 0 Å². The molecule has 15 heavy (non-hydrogen) atoms. The van der Waals surface area contributed by atoms with Crippen LogP contribution < -0.4 is 0 Å². The molecule has 0 fully saturated rings. The maximum atomic E-state index is 12.9. The Labute approximate surface area is 90.1 Å². The van der Waals surface area contributed by atoms with Crippen molar-refractivity contribution in [2.24, 2.45) is 0 Å². The Balaban J connectivity index is 2.53. The Morgan fingerprint density at radius 3 is 2.47 bits per heavy atom. The second-order valence-corrected chi connectivity index (χ2v) is 3.26. The second-order valence-electron chi connectivity index (χ2n) is 3.00. The van der Waals surface area contributed by atoms with E-state index in [0.717, 1.165) is 6.07 Å². The monoisotopic (exact) mass is 228 g/mol. The molecule has 0 N–H and O–H groups in total. The van der Waals surface area contributed by atoms with Gasteiger partial charge in [-0.3, -0.25) is 0 Å². The normalized spacial score (nSPS) is 10.6. The van der Waals surface area contributed by atoms with Gasteiger partial charge >= 0.3 is 0 Å². The summed E-state index contributed by atoms with van der Waals surface area (Å²) in [5.41, 5.74) is 1.01. The lowest BCUT2D eigenvalue weighted by molar-refractivity contribution is 0.579. The molecule has 2 nitrogen and oxygen atoms in total. The highest BCUT2D eigenvalue weighted by Gasteiger charge is 2.06. The number of hydrogen-bond donors (Lipinski definition) is 0. The zero-order valence-electron chi connectivity index (χ0n) is 7.62. The third-order valence-corrected chi connectivity index (χ3v) is 2.22. The van der Waals surface area contributed by atoms with Gasteiger partial charge in [0.05, 0.1) is 17.3 Å². The number of halogens is 3. The van der Waals surface area contributed by atoms with Crippen LogP contribution in [0, 0.1) is 11.6 Å². The lowest BCUT2D eigenvalue weighted by Gasteiger charge is -2.05. The second kappa shape index (κ2) is 3.98. The maximum Gasteiger partial charge on any atom is 0.128 e. The molecule has 0 aliphatic carbocycles. The van der Waals surface area contributed by atoms with E-state index in [1.807, 2.05) is 0 Å². The third-order valence-electron chi connectivity index (χ3n) is 1.95. The molecule has 0 radical (unpaired) electrons. The zero-order valence-corrected chi connectivity index (χ0v) is 8.38. The van der Waals surface area contributed by atoms with E-state index in [2.05, 4.69) is 5.10 Å². The summed E-state index contributed by atoms with van der Waals surface area (Å²) < 4.78 is 27.3. The van der Waals surface area contributed by atoms with E-state index in [1.165, 1.54) is 23.0 Å². The summed E-state index contributed by atoms with van der Waals surface area (Å²) >= 11 is 5.65. The Bertz CT molecular complexity index is 462. The van der Waals surface area contributed by atoms with Crippen molar-refractivity contribution < 1.29 is 8.78 Å². The van der Waals surface area contributed by atoms with E-state index in [4.69, 9.17) is 11.6 Å². The first-order valence-corrected chi connectivity index (χ1v) is 4.79. The largest absolute Gasteiger partial charge is 0.236 e. The molecule has 5 heteroatoms. The summed E-state index contributed by atoms with van der Waals surface area (Å²) in [5, 5.41) is 3.94. The minimum Gasteiger partial charge on any atom is -0.236 e. The summed E-state index contributed by atoms with van der Waals surface area (Å²) in [5.74, 6) is -1.04. The number of hydrogen-bond acceptors (Lipinski definition) is 1. The van der Waals surface area contributed by atoms with Crippen molar-refractivity contribution in [3.05, 3.63) is 47.8 Å². The molecule has 0 saturated carbocycles. The van der Waals surface area contributed by atoms with E-state index in [1.54, 1.807) is 6.07 Å². The van der Waals surface area contributed by atoms with E-state index in [0.29, 0.717) is 11.4 Å². The van der Waals surface area contributed by atoms with Gasteiger partial charge in [-0.25, -0.2) is 13.5 Å². The van der Waals surface area contributed by atoms with E-state index in [-0.39, 0.29) is 5.88 Å². The number of alkyl halides is 1. The van der Waals surface area contributed by atoms with Gasteiger partial charge in [-0.05, 0) is 18.2 Å². The van der Waals surface area contributed by atoms with Crippen molar-refractivity contribution in [3.63, 3.8) is 0 Å². The lowest BCUT2D eigenvalue weighted by atomic mass is 10.3. The molecule has 2 rings (SSSR count). The van der Waals surface area contributed by atoms with E-state index >= 15 is 0 Å². The van der Waals surface area contributed by atoms with Crippen molar-refractivity contribution >= 4 is 11.6 Å². The Morgan fingerprint density at radius 1 is 1.20 bits per heavy atom. The van der Waals surface area contributed by atoms with Crippen LogP contribution >= 0.6 is 11.6 Å². The third kappa shape index (κ3) is 1.99. The van der Waals surface area contributed by atoms with Gasteiger partial charge in [0.25, 0.3) is 0 Å². The van der Waals surface area contributed by atoms with Crippen LogP contribution in [0.3, 0.4) is 0 Å². The van der Waals surface area contributed by atoms with Crippen molar-refractivity contribution in [1.29, 1.82) is 0 Å². The molecule has 0 bridgehead atoms. The first-order chi connectivity index (χ1) is 7.20. The fourth-order valence-electron chi connectivity index (χ4n) is 1.33. The molecule has 0 unspecified atom stereocenters. The topological polar surface area (TPSA) is 17.8 Å². The molecule has 0 aliphatic heterocycles. The summed E-state index contributed by atoms with van der Waals surface area (Å²) in [6.45, 7) is 0. The van der Waals surface area contributed by atoms with Crippen molar-refractivity contribution in [3.8, 4) is 5.69 Å². The molecule has 78 valence electrons. The fourth-order valence-corrected chi connectivity index (χ4v) is 1.53. The predicted molar refractivity (Wildman–Crippen MR) is 53.0 cm³/mol. The Morgan fingerprint density at radius 2 is 1.87 bits per heavy atom. The van der Waals surface area contributed by atoms with E-state index in [9.17, 15) is 8.78 Å². The highest BCUT2D eigenvalue weighted by atomic mass is 35.5. The summed E-state index contributed by atoms with van der Waals surface area (Å²) in [7, 11) is 0. The lowest BCUT2D eigenvalue weighted by Crippen LogP contribution is -2.01. The van der Waals surface area contributed by atoms with Gasteiger partial charge in [-0.15, -0.1) is 11.6 Å². The number of aromatic nitrogens is 2. The molecule has 1 aromatic heterocycles. The maximum absolute atomic E-state index is 12.9. The SMILES string of the molecule is Fc1cc(F)cc(-n2nccc2CCl)c1.